The molecule has 1 rings (SSSR count). The summed E-state index contributed by atoms with van der Waals surface area (Å²) in [4.78, 5) is 13.8. The highest BCUT2D eigenvalue weighted by atomic mass is 79.9. The lowest BCUT2D eigenvalue weighted by atomic mass is 10.1. The summed E-state index contributed by atoms with van der Waals surface area (Å²) in [5, 5.41) is 9.21. The molecule has 4 heteroatoms. The number of carbonyl (C=O) groups excluding carboxylic acids is 1. The van der Waals surface area contributed by atoms with Crippen LogP contribution in [0.15, 0.2) is 22.7 Å². The summed E-state index contributed by atoms with van der Waals surface area (Å²) in [6.07, 6.45) is 0.212. The van der Waals surface area contributed by atoms with Crippen molar-refractivity contribution in [3.05, 3.63) is 33.8 Å². The van der Waals surface area contributed by atoms with Crippen LogP contribution in [0.3, 0.4) is 0 Å². The molecule has 0 aliphatic carbocycles. The van der Waals surface area contributed by atoms with E-state index in [-0.39, 0.29) is 12.0 Å². The van der Waals surface area contributed by atoms with E-state index in [1.54, 1.807) is 18.9 Å². The minimum absolute atomic E-state index is 0.00977. The Morgan fingerprint density at radius 3 is 2.76 bits per heavy atom. The lowest BCUT2D eigenvalue weighted by Gasteiger charge is -2.19. The normalized spacial score (nSPS) is 12.3. The second kappa shape index (κ2) is 6.17. The molecule has 1 aromatic rings. The maximum absolute atomic E-state index is 12.2. The van der Waals surface area contributed by atoms with Crippen molar-refractivity contribution in [2.24, 2.45) is 0 Å². The van der Waals surface area contributed by atoms with Gasteiger partial charge >= 0.3 is 0 Å². The van der Waals surface area contributed by atoms with Crippen LogP contribution in [0, 0.1) is 6.92 Å². The molecule has 1 aromatic carbocycles. The predicted octanol–water partition coefficient (Wildman–Crippen LogP) is 2.60. The molecule has 1 unspecified atom stereocenters. The Morgan fingerprint density at radius 2 is 2.18 bits per heavy atom. The first kappa shape index (κ1) is 14.2. The van der Waals surface area contributed by atoms with Crippen molar-refractivity contribution in [2.45, 2.75) is 26.4 Å². The topological polar surface area (TPSA) is 40.5 Å². The van der Waals surface area contributed by atoms with Gasteiger partial charge in [0.25, 0.3) is 5.91 Å². The summed E-state index contributed by atoms with van der Waals surface area (Å²) in [6.45, 7) is 4.20. The smallest absolute Gasteiger partial charge is 0.253 e. The highest BCUT2D eigenvalue weighted by molar-refractivity contribution is 9.10. The van der Waals surface area contributed by atoms with Gasteiger partial charge < -0.3 is 10.0 Å². The molecule has 1 N–H and O–H groups in total. The maximum Gasteiger partial charge on any atom is 0.253 e. The molecule has 1 amide bonds. The number of carbonyl (C=O) groups is 1. The molecule has 0 radical (unpaired) electrons. The van der Waals surface area contributed by atoms with E-state index in [9.17, 15) is 9.90 Å². The zero-order chi connectivity index (χ0) is 13.0. The molecule has 0 saturated heterocycles. The number of aliphatic hydroxyl groups is 1. The van der Waals surface area contributed by atoms with Crippen molar-refractivity contribution in [1.29, 1.82) is 0 Å². The molecule has 0 aliphatic heterocycles. The Kier molecular flexibility index (Phi) is 5.15. The SMILES string of the molecule is Cc1ccc(Br)cc1C(=O)N(C)CCC(C)O. The molecule has 94 valence electrons. The number of hydrogen-bond acceptors (Lipinski definition) is 2. The number of amides is 1. The third-order valence-corrected chi connectivity index (χ3v) is 3.15. The van der Waals surface area contributed by atoms with Gasteiger partial charge in [-0.25, -0.2) is 0 Å². The number of rotatable bonds is 4. The summed E-state index contributed by atoms with van der Waals surface area (Å²) in [5.41, 5.74) is 1.66. The van der Waals surface area contributed by atoms with E-state index in [4.69, 9.17) is 0 Å². The van der Waals surface area contributed by atoms with Crippen molar-refractivity contribution in [3.8, 4) is 0 Å². The molecule has 0 spiro atoms. The average molecular weight is 300 g/mol. The fourth-order valence-electron chi connectivity index (χ4n) is 1.51. The predicted molar refractivity (Wildman–Crippen MR) is 72.1 cm³/mol. The monoisotopic (exact) mass is 299 g/mol. The summed E-state index contributed by atoms with van der Waals surface area (Å²) in [5.74, 6) is -0.00977. The van der Waals surface area contributed by atoms with E-state index in [2.05, 4.69) is 15.9 Å². The molecule has 17 heavy (non-hydrogen) atoms. The van der Waals surface area contributed by atoms with Gasteiger partial charge in [-0.05, 0) is 38.0 Å². The van der Waals surface area contributed by atoms with Crippen molar-refractivity contribution in [2.75, 3.05) is 13.6 Å². The van der Waals surface area contributed by atoms with Gasteiger partial charge in [-0.2, -0.15) is 0 Å². The van der Waals surface area contributed by atoms with Crippen molar-refractivity contribution in [1.82, 2.24) is 4.90 Å². The first-order valence-corrected chi connectivity index (χ1v) is 6.40. The summed E-state index contributed by atoms with van der Waals surface area (Å²) in [7, 11) is 1.76. The summed E-state index contributed by atoms with van der Waals surface area (Å²) < 4.78 is 0.898. The zero-order valence-electron chi connectivity index (χ0n) is 10.4. The number of aryl methyl sites for hydroxylation is 1. The molecule has 0 bridgehead atoms. The average Bonchev–Trinajstić information content (AvgIpc) is 2.28. The molecule has 3 nitrogen and oxygen atoms in total. The highest BCUT2D eigenvalue weighted by Gasteiger charge is 2.14. The molecule has 0 aliphatic rings. The molecule has 0 heterocycles. The third kappa shape index (κ3) is 4.13. The number of benzene rings is 1. The number of aliphatic hydroxyl groups excluding tert-OH is 1. The summed E-state index contributed by atoms with van der Waals surface area (Å²) in [6, 6.07) is 5.66. The van der Waals surface area contributed by atoms with Gasteiger partial charge in [-0.15, -0.1) is 0 Å². The van der Waals surface area contributed by atoms with Crippen LogP contribution < -0.4 is 0 Å². The maximum atomic E-state index is 12.2. The first-order valence-electron chi connectivity index (χ1n) is 5.61. The van der Waals surface area contributed by atoms with Gasteiger partial charge in [0.1, 0.15) is 0 Å². The fraction of sp³-hybridized carbons (Fsp3) is 0.462. The Hall–Kier alpha value is -0.870. The van der Waals surface area contributed by atoms with E-state index in [1.807, 2.05) is 25.1 Å². The standard InChI is InChI=1S/C13H18BrNO2/c1-9-4-5-11(14)8-12(9)13(17)15(3)7-6-10(2)16/h4-5,8,10,16H,6-7H2,1-3H3. The van der Waals surface area contributed by atoms with Crippen LogP contribution in [0.5, 0.6) is 0 Å². The Bertz CT molecular complexity index is 404. The van der Waals surface area contributed by atoms with Gasteiger partial charge in [-0.3, -0.25) is 4.79 Å². The number of hydrogen-bond donors (Lipinski definition) is 1. The number of nitrogens with zero attached hydrogens (tertiary/aromatic N) is 1. The van der Waals surface area contributed by atoms with Gasteiger partial charge in [0.15, 0.2) is 0 Å². The van der Waals surface area contributed by atoms with Crippen molar-refractivity contribution >= 4 is 21.8 Å². The van der Waals surface area contributed by atoms with Crippen LogP contribution in [-0.4, -0.2) is 35.6 Å². The van der Waals surface area contributed by atoms with Gasteiger partial charge in [0, 0.05) is 23.6 Å². The second-order valence-electron chi connectivity index (χ2n) is 4.32. The molecular formula is C13H18BrNO2. The van der Waals surface area contributed by atoms with E-state index in [1.165, 1.54) is 0 Å². The molecule has 0 saturated carbocycles. The minimum atomic E-state index is -0.381. The van der Waals surface area contributed by atoms with Crippen LogP contribution in [0.2, 0.25) is 0 Å². The van der Waals surface area contributed by atoms with E-state index >= 15 is 0 Å². The van der Waals surface area contributed by atoms with Gasteiger partial charge in [0.2, 0.25) is 0 Å². The molecule has 1 atom stereocenters. The lowest BCUT2D eigenvalue weighted by Crippen LogP contribution is -2.29. The van der Waals surface area contributed by atoms with Crippen LogP contribution >= 0.6 is 15.9 Å². The Balaban J connectivity index is 2.78. The third-order valence-electron chi connectivity index (χ3n) is 2.66. The van der Waals surface area contributed by atoms with Crippen LogP contribution in [0.1, 0.15) is 29.3 Å². The fourth-order valence-corrected chi connectivity index (χ4v) is 1.87. The Morgan fingerprint density at radius 1 is 1.53 bits per heavy atom. The molecular weight excluding hydrogens is 282 g/mol. The van der Waals surface area contributed by atoms with E-state index < -0.39 is 0 Å². The van der Waals surface area contributed by atoms with Crippen molar-refractivity contribution in [3.63, 3.8) is 0 Å². The second-order valence-corrected chi connectivity index (χ2v) is 5.24. The Labute approximate surface area is 111 Å². The van der Waals surface area contributed by atoms with E-state index in [0.29, 0.717) is 18.5 Å². The number of halogens is 1. The zero-order valence-corrected chi connectivity index (χ0v) is 12.0. The largest absolute Gasteiger partial charge is 0.393 e. The van der Waals surface area contributed by atoms with Gasteiger partial charge in [0.05, 0.1) is 6.10 Å². The lowest BCUT2D eigenvalue weighted by molar-refractivity contribution is 0.0768. The van der Waals surface area contributed by atoms with Gasteiger partial charge in [-0.1, -0.05) is 22.0 Å². The first-order chi connectivity index (χ1) is 7.91. The quantitative estimate of drug-likeness (QED) is 0.928. The summed E-state index contributed by atoms with van der Waals surface area (Å²) >= 11 is 3.37. The minimum Gasteiger partial charge on any atom is -0.393 e. The van der Waals surface area contributed by atoms with Crippen molar-refractivity contribution < 1.29 is 9.90 Å². The van der Waals surface area contributed by atoms with Crippen LogP contribution in [-0.2, 0) is 0 Å². The molecule has 0 aromatic heterocycles. The van der Waals surface area contributed by atoms with Crippen LogP contribution in [0.25, 0.3) is 0 Å². The van der Waals surface area contributed by atoms with Crippen LogP contribution in [0.4, 0.5) is 0 Å². The molecule has 0 fully saturated rings. The highest BCUT2D eigenvalue weighted by Crippen LogP contribution is 2.17. The van der Waals surface area contributed by atoms with E-state index in [0.717, 1.165) is 10.0 Å².